The van der Waals surface area contributed by atoms with E-state index >= 15 is 0 Å². The summed E-state index contributed by atoms with van der Waals surface area (Å²) in [5, 5.41) is 20.1. The van der Waals surface area contributed by atoms with Gasteiger partial charge in [-0.3, -0.25) is 4.57 Å². The molecule has 1 aromatic heterocycles. The Morgan fingerprint density at radius 2 is 1.82 bits per heavy atom. The van der Waals surface area contributed by atoms with Crippen LogP contribution in [-0.2, 0) is 6.54 Å². The van der Waals surface area contributed by atoms with E-state index in [1.165, 1.54) is 4.57 Å². The Morgan fingerprint density at radius 3 is 2.35 bits per heavy atom. The molecule has 0 amide bonds. The molecule has 3 nitrogen and oxygen atoms in total. The summed E-state index contributed by atoms with van der Waals surface area (Å²) in [6.07, 6.45) is 1.56. The standard InChI is InChI=1S/C14H15NO2/c1-3-11-12(10-8-6-5-7-9-10)14(17)15(4-2)13(11)16/h3,5-9,16-17H,1,4H2,2H3. The smallest absolute Gasteiger partial charge is 0.202 e. The lowest BCUT2D eigenvalue weighted by atomic mass is 10.0. The maximum atomic E-state index is 10.1. The first kappa shape index (κ1) is 11.3. The Hall–Kier alpha value is -2.16. The van der Waals surface area contributed by atoms with E-state index in [4.69, 9.17) is 0 Å². The van der Waals surface area contributed by atoms with Gasteiger partial charge in [-0.05, 0) is 12.5 Å². The van der Waals surface area contributed by atoms with Crippen molar-refractivity contribution in [1.82, 2.24) is 4.57 Å². The molecule has 0 aliphatic heterocycles. The van der Waals surface area contributed by atoms with Gasteiger partial charge < -0.3 is 10.2 Å². The van der Waals surface area contributed by atoms with Crippen LogP contribution in [-0.4, -0.2) is 14.8 Å². The van der Waals surface area contributed by atoms with Crippen LogP contribution in [0.1, 0.15) is 12.5 Å². The van der Waals surface area contributed by atoms with Gasteiger partial charge in [-0.25, -0.2) is 0 Å². The van der Waals surface area contributed by atoms with E-state index in [1.807, 2.05) is 37.3 Å². The SMILES string of the molecule is C=Cc1c(-c2ccccc2)c(O)n(CC)c1O. The molecule has 0 radical (unpaired) electrons. The number of aromatic nitrogens is 1. The second-order valence-electron chi connectivity index (χ2n) is 3.75. The molecule has 0 saturated carbocycles. The van der Waals surface area contributed by atoms with Crippen molar-refractivity contribution in [3.05, 3.63) is 42.5 Å². The second-order valence-corrected chi connectivity index (χ2v) is 3.75. The number of hydrogen-bond donors (Lipinski definition) is 2. The third-order valence-corrected chi connectivity index (χ3v) is 2.83. The summed E-state index contributed by atoms with van der Waals surface area (Å²) in [7, 11) is 0. The Morgan fingerprint density at radius 1 is 1.18 bits per heavy atom. The predicted octanol–water partition coefficient (Wildman–Crippen LogP) is 3.23. The zero-order valence-corrected chi connectivity index (χ0v) is 9.72. The van der Waals surface area contributed by atoms with Gasteiger partial charge in [0.05, 0.1) is 5.56 Å². The molecule has 0 spiro atoms. The lowest BCUT2D eigenvalue weighted by Crippen LogP contribution is -1.91. The fourth-order valence-corrected chi connectivity index (χ4v) is 2.00. The van der Waals surface area contributed by atoms with Crippen molar-refractivity contribution in [1.29, 1.82) is 0 Å². The topological polar surface area (TPSA) is 45.4 Å². The van der Waals surface area contributed by atoms with Gasteiger partial charge in [-0.1, -0.05) is 43.0 Å². The molecule has 0 unspecified atom stereocenters. The number of aromatic hydroxyl groups is 2. The summed E-state index contributed by atoms with van der Waals surface area (Å²) >= 11 is 0. The molecule has 1 aromatic carbocycles. The van der Waals surface area contributed by atoms with Crippen molar-refractivity contribution in [3.63, 3.8) is 0 Å². The highest BCUT2D eigenvalue weighted by atomic mass is 16.3. The number of rotatable bonds is 3. The van der Waals surface area contributed by atoms with E-state index in [0.29, 0.717) is 17.7 Å². The molecule has 88 valence electrons. The van der Waals surface area contributed by atoms with Crippen molar-refractivity contribution >= 4 is 6.08 Å². The number of hydrogen-bond acceptors (Lipinski definition) is 2. The molecule has 1 heterocycles. The molecule has 0 aliphatic rings. The minimum Gasteiger partial charge on any atom is -0.494 e. The van der Waals surface area contributed by atoms with Crippen LogP contribution in [0.5, 0.6) is 11.8 Å². The summed E-state index contributed by atoms with van der Waals surface area (Å²) in [4.78, 5) is 0. The summed E-state index contributed by atoms with van der Waals surface area (Å²) < 4.78 is 1.46. The third kappa shape index (κ3) is 1.69. The van der Waals surface area contributed by atoms with Crippen LogP contribution in [0.25, 0.3) is 17.2 Å². The molecule has 0 bridgehead atoms. The van der Waals surface area contributed by atoms with Crippen LogP contribution >= 0.6 is 0 Å². The van der Waals surface area contributed by atoms with Crippen LogP contribution in [0.15, 0.2) is 36.9 Å². The third-order valence-electron chi connectivity index (χ3n) is 2.83. The molecule has 0 atom stereocenters. The van der Waals surface area contributed by atoms with Crippen LogP contribution in [0.2, 0.25) is 0 Å². The zero-order chi connectivity index (χ0) is 12.4. The van der Waals surface area contributed by atoms with Crippen molar-refractivity contribution in [2.24, 2.45) is 0 Å². The lowest BCUT2D eigenvalue weighted by Gasteiger charge is -2.02. The highest BCUT2D eigenvalue weighted by Crippen LogP contribution is 2.41. The van der Waals surface area contributed by atoms with Gasteiger partial charge in [0.15, 0.2) is 0 Å². The second kappa shape index (κ2) is 4.37. The van der Waals surface area contributed by atoms with Crippen molar-refractivity contribution in [3.8, 4) is 22.9 Å². The number of nitrogens with zero attached hydrogens (tertiary/aromatic N) is 1. The highest BCUT2D eigenvalue weighted by Gasteiger charge is 2.20. The molecule has 2 rings (SSSR count). The first-order chi connectivity index (χ1) is 8.20. The van der Waals surface area contributed by atoms with Gasteiger partial charge >= 0.3 is 0 Å². The van der Waals surface area contributed by atoms with Crippen LogP contribution < -0.4 is 0 Å². The molecule has 0 fully saturated rings. The van der Waals surface area contributed by atoms with Crippen LogP contribution in [0.3, 0.4) is 0 Å². The van der Waals surface area contributed by atoms with Crippen molar-refractivity contribution < 1.29 is 10.2 Å². The molecule has 3 heteroatoms. The van der Waals surface area contributed by atoms with E-state index in [9.17, 15) is 10.2 Å². The lowest BCUT2D eigenvalue weighted by molar-refractivity contribution is 0.374. The fourth-order valence-electron chi connectivity index (χ4n) is 2.00. The fraction of sp³-hybridized carbons (Fsp3) is 0.143. The first-order valence-corrected chi connectivity index (χ1v) is 5.53. The van der Waals surface area contributed by atoms with Gasteiger partial charge in [0.2, 0.25) is 11.8 Å². The molecule has 2 aromatic rings. The summed E-state index contributed by atoms with van der Waals surface area (Å²) in [5.41, 5.74) is 2.05. The van der Waals surface area contributed by atoms with Crippen molar-refractivity contribution in [2.45, 2.75) is 13.5 Å². The molecule has 17 heavy (non-hydrogen) atoms. The Labute approximate surface area is 100 Å². The monoisotopic (exact) mass is 229 g/mol. The van der Waals surface area contributed by atoms with Gasteiger partial charge in [0.1, 0.15) is 0 Å². The van der Waals surface area contributed by atoms with Gasteiger partial charge in [-0.15, -0.1) is 0 Å². The molecule has 0 saturated heterocycles. The molecular weight excluding hydrogens is 214 g/mol. The van der Waals surface area contributed by atoms with Crippen molar-refractivity contribution in [2.75, 3.05) is 0 Å². The highest BCUT2D eigenvalue weighted by molar-refractivity contribution is 5.82. The zero-order valence-electron chi connectivity index (χ0n) is 9.72. The van der Waals surface area contributed by atoms with E-state index in [2.05, 4.69) is 6.58 Å². The molecule has 0 aliphatic carbocycles. The van der Waals surface area contributed by atoms with Crippen LogP contribution in [0.4, 0.5) is 0 Å². The summed E-state index contributed by atoms with van der Waals surface area (Å²) in [5.74, 6) is 0.130. The Balaban J connectivity index is 2.73. The summed E-state index contributed by atoms with van der Waals surface area (Å²) in [6.45, 7) is 6.05. The average Bonchev–Trinajstić information content (AvgIpc) is 2.61. The minimum atomic E-state index is 0.0545. The van der Waals surface area contributed by atoms with E-state index in [0.717, 1.165) is 5.56 Å². The normalized spacial score (nSPS) is 10.4. The molecular formula is C14H15NO2. The Bertz CT molecular complexity index is 541. The van der Waals surface area contributed by atoms with Crippen LogP contribution in [0, 0.1) is 0 Å². The maximum Gasteiger partial charge on any atom is 0.202 e. The summed E-state index contributed by atoms with van der Waals surface area (Å²) in [6, 6.07) is 9.47. The quantitative estimate of drug-likeness (QED) is 0.848. The first-order valence-electron chi connectivity index (χ1n) is 5.53. The number of benzene rings is 1. The van der Waals surface area contributed by atoms with Gasteiger partial charge in [0.25, 0.3) is 0 Å². The molecule has 2 N–H and O–H groups in total. The van der Waals surface area contributed by atoms with E-state index in [1.54, 1.807) is 6.08 Å². The van der Waals surface area contributed by atoms with Gasteiger partial charge in [0, 0.05) is 12.1 Å². The average molecular weight is 229 g/mol. The van der Waals surface area contributed by atoms with E-state index < -0.39 is 0 Å². The predicted molar refractivity (Wildman–Crippen MR) is 69.0 cm³/mol. The maximum absolute atomic E-state index is 10.1. The minimum absolute atomic E-state index is 0.0545. The van der Waals surface area contributed by atoms with E-state index in [-0.39, 0.29) is 11.8 Å². The van der Waals surface area contributed by atoms with Gasteiger partial charge in [-0.2, -0.15) is 0 Å². The Kier molecular flexibility index (Phi) is 2.91. The largest absolute Gasteiger partial charge is 0.494 e.